The van der Waals surface area contributed by atoms with E-state index in [9.17, 15) is 0 Å². The minimum Gasteiger partial charge on any atom is -0.445 e. The Morgan fingerprint density at radius 1 is 1.38 bits per heavy atom. The summed E-state index contributed by atoms with van der Waals surface area (Å²) in [7, 11) is 0. The average molecular weight is 236 g/mol. The molecule has 64 valence electrons. The first-order chi connectivity index (χ1) is 6.20. The third-order valence-corrected chi connectivity index (χ3v) is 2.33. The van der Waals surface area contributed by atoms with Crippen LogP contribution in [-0.4, -0.2) is 0 Å². The lowest BCUT2D eigenvalue weighted by Gasteiger charge is -1.94. The molecule has 0 aliphatic heterocycles. The molecular weight excluding hydrogens is 230 g/mol. The van der Waals surface area contributed by atoms with Crippen molar-refractivity contribution in [3.05, 3.63) is 34.0 Å². The van der Waals surface area contributed by atoms with Crippen LogP contribution in [0.5, 0.6) is 0 Å². The molecule has 2 aromatic rings. The molecule has 13 heavy (non-hydrogen) atoms. The van der Waals surface area contributed by atoms with Gasteiger partial charge in [0.15, 0.2) is 0 Å². The van der Waals surface area contributed by atoms with Crippen molar-refractivity contribution >= 4 is 26.9 Å². The Hall–Kier alpha value is -1.27. The van der Waals surface area contributed by atoms with Gasteiger partial charge in [0, 0.05) is 15.9 Å². The van der Waals surface area contributed by atoms with Crippen LogP contribution in [0.15, 0.2) is 27.1 Å². The molecule has 0 bridgehead atoms. The molecule has 0 saturated heterocycles. The van der Waals surface area contributed by atoms with Crippen molar-refractivity contribution in [2.75, 3.05) is 0 Å². The summed E-state index contributed by atoms with van der Waals surface area (Å²) in [4.78, 5) is 0. The quantitative estimate of drug-likeness (QED) is 0.703. The van der Waals surface area contributed by atoms with Gasteiger partial charge in [-0.1, -0.05) is 15.9 Å². The van der Waals surface area contributed by atoms with Gasteiger partial charge in [-0.2, -0.15) is 5.26 Å². The predicted molar refractivity (Wildman–Crippen MR) is 53.4 cm³/mol. The van der Waals surface area contributed by atoms with E-state index in [0.29, 0.717) is 5.76 Å². The number of nitriles is 1. The summed E-state index contributed by atoms with van der Waals surface area (Å²) in [5.41, 5.74) is 1.82. The summed E-state index contributed by atoms with van der Waals surface area (Å²) in [5, 5.41) is 9.60. The van der Waals surface area contributed by atoms with Crippen molar-refractivity contribution in [2.24, 2.45) is 0 Å². The zero-order valence-corrected chi connectivity index (χ0v) is 8.55. The smallest absolute Gasteiger partial charge is 0.204 e. The highest BCUT2D eigenvalue weighted by Gasteiger charge is 2.06. The Labute approximate surface area is 83.9 Å². The number of halogens is 1. The second-order valence-corrected chi connectivity index (χ2v) is 3.78. The van der Waals surface area contributed by atoms with E-state index in [2.05, 4.69) is 15.9 Å². The lowest BCUT2D eigenvalue weighted by molar-refractivity contribution is 0.597. The van der Waals surface area contributed by atoms with Crippen molar-refractivity contribution in [3.8, 4) is 6.07 Å². The van der Waals surface area contributed by atoms with Gasteiger partial charge in [-0.25, -0.2) is 0 Å². The van der Waals surface area contributed by atoms with Crippen molar-refractivity contribution in [2.45, 2.75) is 6.92 Å². The van der Waals surface area contributed by atoms with Gasteiger partial charge < -0.3 is 4.42 Å². The molecule has 0 radical (unpaired) electrons. The Balaban J connectivity index is 2.84. The zero-order valence-electron chi connectivity index (χ0n) is 6.97. The van der Waals surface area contributed by atoms with Crippen LogP contribution < -0.4 is 0 Å². The first-order valence-electron chi connectivity index (χ1n) is 3.80. The number of aryl methyl sites for hydroxylation is 1. The highest BCUT2D eigenvalue weighted by molar-refractivity contribution is 9.10. The monoisotopic (exact) mass is 235 g/mol. The van der Waals surface area contributed by atoms with Crippen molar-refractivity contribution in [3.63, 3.8) is 0 Å². The fourth-order valence-electron chi connectivity index (χ4n) is 1.34. The van der Waals surface area contributed by atoms with Crippen LogP contribution in [0.3, 0.4) is 0 Å². The minimum absolute atomic E-state index is 0.358. The molecule has 2 nitrogen and oxygen atoms in total. The van der Waals surface area contributed by atoms with E-state index >= 15 is 0 Å². The summed E-state index contributed by atoms with van der Waals surface area (Å²) in [6, 6.07) is 7.63. The number of hydrogen-bond acceptors (Lipinski definition) is 2. The Bertz CT molecular complexity index is 507. The second-order valence-electron chi connectivity index (χ2n) is 2.86. The molecule has 3 heteroatoms. The number of nitrogens with zero attached hydrogens (tertiary/aromatic N) is 1. The van der Waals surface area contributed by atoms with Crippen LogP contribution in [0, 0.1) is 18.3 Å². The lowest BCUT2D eigenvalue weighted by atomic mass is 10.2. The number of fused-ring (bicyclic) bond motifs is 1. The molecule has 0 atom stereocenters. The topological polar surface area (TPSA) is 36.9 Å². The molecule has 1 heterocycles. The third kappa shape index (κ3) is 1.34. The van der Waals surface area contributed by atoms with Crippen LogP contribution in [-0.2, 0) is 0 Å². The molecule has 0 fully saturated rings. The fraction of sp³-hybridized carbons (Fsp3) is 0.100. The van der Waals surface area contributed by atoms with E-state index in [1.165, 1.54) is 0 Å². The molecule has 0 saturated carbocycles. The van der Waals surface area contributed by atoms with Gasteiger partial charge in [0.1, 0.15) is 11.7 Å². The van der Waals surface area contributed by atoms with Crippen LogP contribution in [0.1, 0.15) is 11.3 Å². The molecular formula is C10H6BrNO. The number of hydrogen-bond donors (Lipinski definition) is 0. The molecule has 0 spiro atoms. The first kappa shape index (κ1) is 8.33. The Morgan fingerprint density at radius 2 is 2.15 bits per heavy atom. The molecule has 2 rings (SSSR count). The maximum absolute atomic E-state index is 8.64. The number of furan rings is 1. The fourth-order valence-corrected chi connectivity index (χ4v) is 1.93. The van der Waals surface area contributed by atoms with E-state index in [0.717, 1.165) is 21.0 Å². The van der Waals surface area contributed by atoms with Gasteiger partial charge in [-0.15, -0.1) is 0 Å². The van der Waals surface area contributed by atoms with Crippen LogP contribution in [0.4, 0.5) is 0 Å². The second kappa shape index (κ2) is 2.90. The van der Waals surface area contributed by atoms with Gasteiger partial charge >= 0.3 is 0 Å². The van der Waals surface area contributed by atoms with Gasteiger partial charge in [-0.05, 0) is 24.6 Å². The predicted octanol–water partition coefficient (Wildman–Crippen LogP) is 3.38. The summed E-state index contributed by atoms with van der Waals surface area (Å²) >= 11 is 3.39. The van der Waals surface area contributed by atoms with E-state index in [4.69, 9.17) is 9.68 Å². The highest BCUT2D eigenvalue weighted by atomic mass is 79.9. The molecule has 0 amide bonds. The van der Waals surface area contributed by atoms with E-state index in [-0.39, 0.29) is 0 Å². The minimum atomic E-state index is 0.358. The van der Waals surface area contributed by atoms with Crippen molar-refractivity contribution in [1.29, 1.82) is 5.26 Å². The SMILES string of the molecule is Cc1cc(Br)cc2cc(C#N)oc12. The molecule has 0 unspecified atom stereocenters. The van der Waals surface area contributed by atoms with Gasteiger partial charge in [-0.3, -0.25) is 0 Å². The average Bonchev–Trinajstić information content (AvgIpc) is 2.47. The number of benzene rings is 1. The molecule has 0 aliphatic carbocycles. The molecule has 1 aromatic carbocycles. The normalized spacial score (nSPS) is 10.2. The highest BCUT2D eigenvalue weighted by Crippen LogP contribution is 2.26. The van der Waals surface area contributed by atoms with E-state index < -0.39 is 0 Å². The van der Waals surface area contributed by atoms with Gasteiger partial charge in [0.25, 0.3) is 0 Å². The summed E-state index contributed by atoms with van der Waals surface area (Å²) in [6.45, 7) is 1.96. The third-order valence-electron chi connectivity index (χ3n) is 1.88. The standard InChI is InChI=1S/C10H6BrNO/c1-6-2-8(11)3-7-4-9(5-12)13-10(6)7/h2-4H,1H3. The van der Waals surface area contributed by atoms with Crippen molar-refractivity contribution < 1.29 is 4.42 Å². The maximum atomic E-state index is 8.64. The van der Waals surface area contributed by atoms with E-state index in [1.807, 2.05) is 25.1 Å². The molecule has 0 aliphatic rings. The zero-order chi connectivity index (χ0) is 9.42. The van der Waals surface area contributed by atoms with Crippen LogP contribution in [0.25, 0.3) is 11.0 Å². The Morgan fingerprint density at radius 3 is 2.85 bits per heavy atom. The van der Waals surface area contributed by atoms with Gasteiger partial charge in [0.05, 0.1) is 0 Å². The largest absolute Gasteiger partial charge is 0.445 e. The molecule has 0 N–H and O–H groups in total. The van der Waals surface area contributed by atoms with Gasteiger partial charge in [0.2, 0.25) is 5.76 Å². The molecule has 1 aromatic heterocycles. The van der Waals surface area contributed by atoms with E-state index in [1.54, 1.807) is 6.07 Å². The van der Waals surface area contributed by atoms with Crippen molar-refractivity contribution in [1.82, 2.24) is 0 Å². The summed E-state index contributed by atoms with van der Waals surface area (Å²) < 4.78 is 6.32. The van der Waals surface area contributed by atoms with Crippen LogP contribution >= 0.6 is 15.9 Å². The Kier molecular flexibility index (Phi) is 1.86. The first-order valence-corrected chi connectivity index (χ1v) is 4.60. The van der Waals surface area contributed by atoms with Crippen LogP contribution in [0.2, 0.25) is 0 Å². The lowest BCUT2D eigenvalue weighted by Crippen LogP contribution is -1.72. The summed E-state index contributed by atoms with van der Waals surface area (Å²) in [5.74, 6) is 0.358. The summed E-state index contributed by atoms with van der Waals surface area (Å²) in [6.07, 6.45) is 0. The number of rotatable bonds is 0. The maximum Gasteiger partial charge on any atom is 0.204 e.